The summed E-state index contributed by atoms with van der Waals surface area (Å²) in [6.07, 6.45) is 3.38. The lowest BCUT2D eigenvalue weighted by molar-refractivity contribution is -0.119. The number of amides is 1. The van der Waals surface area contributed by atoms with Crippen LogP contribution in [0.4, 0.5) is 11.5 Å². The fourth-order valence-electron chi connectivity index (χ4n) is 2.58. The maximum absolute atomic E-state index is 12.6. The van der Waals surface area contributed by atoms with Crippen LogP contribution in [0.1, 0.15) is 46.5 Å². The summed E-state index contributed by atoms with van der Waals surface area (Å²) in [5.41, 5.74) is 5.12. The van der Waals surface area contributed by atoms with E-state index >= 15 is 0 Å². The summed E-state index contributed by atoms with van der Waals surface area (Å²) < 4.78 is 1.35. The third-order valence-corrected chi connectivity index (χ3v) is 3.96. The van der Waals surface area contributed by atoms with Crippen molar-refractivity contribution in [3.05, 3.63) is 20.8 Å². The topological polar surface area (TPSA) is 101 Å². The molecule has 3 N–H and O–H groups in total. The van der Waals surface area contributed by atoms with Gasteiger partial charge in [0.05, 0.1) is 0 Å². The zero-order chi connectivity index (χ0) is 17.1. The number of nitrogens with two attached hydrogens (primary N) is 1. The van der Waals surface area contributed by atoms with Crippen molar-refractivity contribution in [1.29, 1.82) is 0 Å². The van der Waals surface area contributed by atoms with Gasteiger partial charge in [0.15, 0.2) is 5.69 Å². The van der Waals surface area contributed by atoms with E-state index in [0.29, 0.717) is 13.1 Å². The fraction of sp³-hybridized carbons (Fsp3) is 0.688. The quantitative estimate of drug-likeness (QED) is 0.790. The smallest absolute Gasteiger partial charge is 0.330 e. The molecule has 0 unspecified atom stereocenters. The van der Waals surface area contributed by atoms with Crippen LogP contribution in [0.5, 0.6) is 0 Å². The number of hydrogen-bond donors (Lipinski definition) is 2. The molecule has 1 saturated carbocycles. The Labute approximate surface area is 135 Å². The number of nitrogens with zero attached hydrogens (tertiary/aromatic N) is 2. The van der Waals surface area contributed by atoms with Crippen LogP contribution in [0.2, 0.25) is 0 Å². The van der Waals surface area contributed by atoms with Gasteiger partial charge in [0, 0.05) is 19.0 Å². The average molecular weight is 322 g/mol. The molecule has 0 saturated heterocycles. The number of carbonyl (C=O) groups is 1. The van der Waals surface area contributed by atoms with Gasteiger partial charge in [-0.25, -0.2) is 4.79 Å². The highest BCUT2D eigenvalue weighted by atomic mass is 16.2. The molecule has 0 aromatic carbocycles. The van der Waals surface area contributed by atoms with Crippen molar-refractivity contribution in [2.75, 3.05) is 17.2 Å². The highest BCUT2D eigenvalue weighted by molar-refractivity contribution is 5.98. The number of aromatic amines is 1. The SMILES string of the molecule is CCCCN(C(=O)C1CC1)c1c(N)n(CC(C)C)c(=O)[nH]c1=O. The molecule has 0 bridgehead atoms. The van der Waals surface area contributed by atoms with Gasteiger partial charge >= 0.3 is 5.69 Å². The number of nitrogens with one attached hydrogen (secondary N) is 1. The van der Waals surface area contributed by atoms with Crippen LogP contribution >= 0.6 is 0 Å². The van der Waals surface area contributed by atoms with Crippen molar-refractivity contribution < 1.29 is 4.79 Å². The van der Waals surface area contributed by atoms with Crippen molar-refractivity contribution in [2.24, 2.45) is 11.8 Å². The average Bonchev–Trinajstić information content (AvgIpc) is 3.30. The van der Waals surface area contributed by atoms with Crippen molar-refractivity contribution in [1.82, 2.24) is 9.55 Å². The molecule has 7 heteroatoms. The molecule has 0 spiro atoms. The molecular weight excluding hydrogens is 296 g/mol. The van der Waals surface area contributed by atoms with Gasteiger partial charge in [-0.3, -0.25) is 19.1 Å². The van der Waals surface area contributed by atoms with Crippen molar-refractivity contribution >= 4 is 17.4 Å². The molecule has 0 aliphatic heterocycles. The highest BCUT2D eigenvalue weighted by Gasteiger charge is 2.36. The Hall–Kier alpha value is -2.05. The third-order valence-electron chi connectivity index (χ3n) is 3.96. The summed E-state index contributed by atoms with van der Waals surface area (Å²) in [6.45, 7) is 6.78. The Morgan fingerprint density at radius 3 is 2.57 bits per heavy atom. The minimum absolute atomic E-state index is 0.0175. The van der Waals surface area contributed by atoms with Gasteiger partial charge in [0.2, 0.25) is 5.91 Å². The van der Waals surface area contributed by atoms with Gasteiger partial charge in [-0.05, 0) is 25.2 Å². The first kappa shape index (κ1) is 17.3. The van der Waals surface area contributed by atoms with Crippen molar-refractivity contribution in [3.63, 3.8) is 0 Å². The van der Waals surface area contributed by atoms with E-state index in [2.05, 4.69) is 4.98 Å². The molecular formula is C16H26N4O3. The van der Waals surface area contributed by atoms with Crippen LogP contribution in [0.3, 0.4) is 0 Å². The second-order valence-corrected chi connectivity index (χ2v) is 6.62. The number of nitrogen functional groups attached to an aromatic ring is 1. The Kier molecular flexibility index (Phi) is 5.28. The predicted octanol–water partition coefficient (Wildman–Crippen LogP) is 1.32. The summed E-state index contributed by atoms with van der Waals surface area (Å²) in [7, 11) is 0. The summed E-state index contributed by atoms with van der Waals surface area (Å²) in [4.78, 5) is 40.7. The van der Waals surface area contributed by atoms with E-state index in [0.717, 1.165) is 25.7 Å². The lowest BCUT2D eigenvalue weighted by Gasteiger charge is -2.24. The first-order chi connectivity index (χ1) is 10.9. The molecule has 1 aliphatic carbocycles. The van der Waals surface area contributed by atoms with Crippen molar-refractivity contribution in [3.8, 4) is 0 Å². The molecule has 7 nitrogen and oxygen atoms in total. The number of rotatable bonds is 7. The number of aromatic nitrogens is 2. The van der Waals surface area contributed by atoms with Gasteiger partial charge in [0.1, 0.15) is 5.82 Å². The van der Waals surface area contributed by atoms with Gasteiger partial charge in [-0.15, -0.1) is 0 Å². The van der Waals surface area contributed by atoms with Crippen LogP contribution < -0.4 is 21.9 Å². The Morgan fingerprint density at radius 1 is 1.39 bits per heavy atom. The van der Waals surface area contributed by atoms with Crippen LogP contribution in [0.25, 0.3) is 0 Å². The number of H-pyrrole nitrogens is 1. The first-order valence-corrected chi connectivity index (χ1v) is 8.30. The van der Waals surface area contributed by atoms with Crippen LogP contribution in [0.15, 0.2) is 9.59 Å². The van der Waals surface area contributed by atoms with Crippen molar-refractivity contribution in [2.45, 2.75) is 53.0 Å². The van der Waals surface area contributed by atoms with E-state index in [4.69, 9.17) is 5.73 Å². The molecule has 1 heterocycles. The van der Waals surface area contributed by atoms with E-state index in [1.165, 1.54) is 9.47 Å². The van der Waals surface area contributed by atoms with E-state index in [1.54, 1.807) is 0 Å². The Balaban J connectivity index is 2.50. The van der Waals surface area contributed by atoms with Gasteiger partial charge in [0.25, 0.3) is 5.56 Å². The fourth-order valence-corrected chi connectivity index (χ4v) is 2.58. The molecule has 128 valence electrons. The Bertz CT molecular complexity index is 686. The van der Waals surface area contributed by atoms with E-state index in [-0.39, 0.29) is 29.2 Å². The molecule has 1 amide bonds. The molecule has 1 fully saturated rings. The Morgan fingerprint density at radius 2 is 2.04 bits per heavy atom. The second-order valence-electron chi connectivity index (χ2n) is 6.62. The van der Waals surface area contributed by atoms with Gasteiger partial charge in [-0.1, -0.05) is 27.2 Å². The molecule has 0 radical (unpaired) electrons. The van der Waals surface area contributed by atoms with E-state index in [9.17, 15) is 14.4 Å². The van der Waals surface area contributed by atoms with E-state index < -0.39 is 11.2 Å². The molecule has 0 atom stereocenters. The molecule has 1 aromatic heterocycles. The molecule has 1 aliphatic rings. The highest BCUT2D eigenvalue weighted by Crippen LogP contribution is 2.33. The zero-order valence-corrected chi connectivity index (χ0v) is 14.1. The minimum atomic E-state index is -0.586. The van der Waals surface area contributed by atoms with Crippen LogP contribution in [-0.2, 0) is 11.3 Å². The standard InChI is InChI=1S/C16H26N4O3/c1-4-5-8-19(15(22)11-6-7-11)12-13(17)20(9-10(2)3)16(23)18-14(12)21/h10-11H,4-9,17H2,1-3H3,(H,18,21,23). The van der Waals surface area contributed by atoms with Crippen LogP contribution in [0, 0.1) is 11.8 Å². The largest absolute Gasteiger partial charge is 0.383 e. The van der Waals surface area contributed by atoms with Crippen LogP contribution in [-0.4, -0.2) is 22.0 Å². The number of unbranched alkanes of at least 4 members (excludes halogenated alkanes) is 1. The monoisotopic (exact) mass is 322 g/mol. The number of hydrogen-bond acceptors (Lipinski definition) is 4. The molecule has 23 heavy (non-hydrogen) atoms. The number of carbonyl (C=O) groups excluding carboxylic acids is 1. The predicted molar refractivity (Wildman–Crippen MR) is 90.6 cm³/mol. The second kappa shape index (κ2) is 7.02. The zero-order valence-electron chi connectivity index (χ0n) is 14.1. The lowest BCUT2D eigenvalue weighted by atomic mass is 10.2. The maximum Gasteiger partial charge on any atom is 0.330 e. The minimum Gasteiger partial charge on any atom is -0.383 e. The van der Waals surface area contributed by atoms with Gasteiger partial charge < -0.3 is 10.6 Å². The van der Waals surface area contributed by atoms with Gasteiger partial charge in [-0.2, -0.15) is 0 Å². The van der Waals surface area contributed by atoms with E-state index in [1.807, 2.05) is 20.8 Å². The summed E-state index contributed by atoms with van der Waals surface area (Å²) in [5, 5.41) is 0. The summed E-state index contributed by atoms with van der Waals surface area (Å²) >= 11 is 0. The third kappa shape index (κ3) is 3.83. The molecule has 2 rings (SSSR count). The molecule has 1 aromatic rings. The summed E-state index contributed by atoms with van der Waals surface area (Å²) in [6, 6.07) is 0. The number of anilines is 2. The first-order valence-electron chi connectivity index (χ1n) is 8.30. The normalized spacial score (nSPS) is 14.3. The lowest BCUT2D eigenvalue weighted by Crippen LogP contribution is -2.42. The maximum atomic E-state index is 12.6. The summed E-state index contributed by atoms with van der Waals surface area (Å²) in [5.74, 6) is 0.191.